The van der Waals surface area contributed by atoms with Crippen LogP contribution >= 0.6 is 0 Å². The Kier molecular flexibility index (Phi) is 4.94. The van der Waals surface area contributed by atoms with E-state index in [4.69, 9.17) is 11.0 Å². The van der Waals surface area contributed by atoms with Crippen molar-refractivity contribution in [2.75, 3.05) is 7.11 Å². The normalized spacial score (nSPS) is 10.8. The van der Waals surface area contributed by atoms with E-state index in [1.54, 1.807) is 6.07 Å². The SMILES string of the molecule is COC(=O)Cc1c(OC(F)(F)F)ccc(C#N)c1CN. The molecule has 0 aliphatic rings. The third-order valence-corrected chi connectivity index (χ3v) is 2.49. The first-order valence-electron chi connectivity index (χ1n) is 5.39. The van der Waals surface area contributed by atoms with Crippen LogP contribution < -0.4 is 10.5 Å². The first-order chi connectivity index (χ1) is 9.32. The van der Waals surface area contributed by atoms with Crippen LogP contribution in [0.25, 0.3) is 0 Å². The number of methoxy groups -OCH3 is 1. The lowest BCUT2D eigenvalue weighted by molar-refractivity contribution is -0.275. The summed E-state index contributed by atoms with van der Waals surface area (Å²) in [6.45, 7) is -0.204. The number of nitriles is 1. The number of rotatable bonds is 4. The number of hydrogen-bond acceptors (Lipinski definition) is 5. The van der Waals surface area contributed by atoms with Gasteiger partial charge < -0.3 is 15.2 Å². The van der Waals surface area contributed by atoms with E-state index in [-0.39, 0.29) is 23.2 Å². The van der Waals surface area contributed by atoms with Crippen molar-refractivity contribution in [3.8, 4) is 11.8 Å². The zero-order valence-corrected chi connectivity index (χ0v) is 10.5. The summed E-state index contributed by atoms with van der Waals surface area (Å²) in [6, 6.07) is 3.93. The molecule has 0 aliphatic carbocycles. The highest BCUT2D eigenvalue weighted by Gasteiger charge is 2.33. The largest absolute Gasteiger partial charge is 0.573 e. The lowest BCUT2D eigenvalue weighted by Crippen LogP contribution is -2.20. The lowest BCUT2D eigenvalue weighted by Gasteiger charge is -2.16. The Balaban J connectivity index is 3.36. The Morgan fingerprint density at radius 1 is 1.40 bits per heavy atom. The summed E-state index contributed by atoms with van der Waals surface area (Å²) in [6.07, 6.45) is -5.38. The maximum Gasteiger partial charge on any atom is 0.573 e. The van der Waals surface area contributed by atoms with Gasteiger partial charge in [-0.3, -0.25) is 4.79 Å². The quantitative estimate of drug-likeness (QED) is 0.851. The molecule has 1 rings (SSSR count). The van der Waals surface area contributed by atoms with Crippen LogP contribution in [0.4, 0.5) is 13.2 Å². The van der Waals surface area contributed by atoms with Gasteiger partial charge >= 0.3 is 12.3 Å². The fraction of sp³-hybridized carbons (Fsp3) is 0.333. The van der Waals surface area contributed by atoms with Crippen molar-refractivity contribution in [2.24, 2.45) is 5.73 Å². The minimum absolute atomic E-state index is 0.0842. The standard InChI is InChI=1S/C12H11F3N2O3/c1-19-11(18)4-8-9(6-17)7(5-16)2-3-10(8)20-12(13,14)15/h2-3H,4,6,17H2,1H3. The second kappa shape index (κ2) is 6.25. The summed E-state index contributed by atoms with van der Waals surface area (Å²) in [5.41, 5.74) is 5.54. The van der Waals surface area contributed by atoms with Gasteiger partial charge in [0.15, 0.2) is 0 Å². The molecular formula is C12H11F3N2O3. The van der Waals surface area contributed by atoms with E-state index in [0.717, 1.165) is 19.2 Å². The van der Waals surface area contributed by atoms with Crippen molar-refractivity contribution >= 4 is 5.97 Å². The smallest absolute Gasteiger partial charge is 0.469 e. The first-order valence-corrected chi connectivity index (χ1v) is 5.39. The summed E-state index contributed by atoms with van der Waals surface area (Å²) in [4.78, 5) is 11.3. The Morgan fingerprint density at radius 2 is 2.05 bits per heavy atom. The number of nitrogens with two attached hydrogens (primary N) is 1. The summed E-state index contributed by atoms with van der Waals surface area (Å²) in [5, 5.41) is 8.90. The molecule has 2 N–H and O–H groups in total. The molecular weight excluding hydrogens is 277 g/mol. The van der Waals surface area contributed by atoms with Crippen molar-refractivity contribution in [3.05, 3.63) is 28.8 Å². The minimum Gasteiger partial charge on any atom is -0.469 e. The number of benzene rings is 1. The molecule has 0 unspecified atom stereocenters. The van der Waals surface area contributed by atoms with E-state index in [9.17, 15) is 18.0 Å². The summed E-state index contributed by atoms with van der Waals surface area (Å²) >= 11 is 0. The molecule has 1 aromatic rings. The predicted octanol–water partition coefficient (Wildman–Crippen LogP) is 1.63. The molecule has 0 heterocycles. The average Bonchev–Trinajstić information content (AvgIpc) is 2.38. The van der Waals surface area contributed by atoms with Crippen molar-refractivity contribution in [2.45, 2.75) is 19.3 Å². The maximum atomic E-state index is 12.3. The van der Waals surface area contributed by atoms with E-state index in [1.807, 2.05) is 0 Å². The van der Waals surface area contributed by atoms with E-state index in [1.165, 1.54) is 0 Å². The van der Waals surface area contributed by atoms with Crippen molar-refractivity contribution in [1.82, 2.24) is 0 Å². The predicted molar refractivity (Wildman–Crippen MR) is 61.5 cm³/mol. The van der Waals surface area contributed by atoms with E-state index >= 15 is 0 Å². The molecule has 0 bridgehead atoms. The third kappa shape index (κ3) is 3.86. The maximum absolute atomic E-state index is 12.3. The van der Waals surface area contributed by atoms with Gasteiger partial charge in [0.25, 0.3) is 0 Å². The van der Waals surface area contributed by atoms with E-state index < -0.39 is 24.5 Å². The molecule has 20 heavy (non-hydrogen) atoms. The fourth-order valence-corrected chi connectivity index (χ4v) is 1.64. The second-order valence-corrected chi connectivity index (χ2v) is 3.69. The molecule has 0 atom stereocenters. The van der Waals surface area contributed by atoms with Crippen LogP contribution in [-0.4, -0.2) is 19.4 Å². The molecule has 0 saturated carbocycles. The molecule has 0 radical (unpaired) electrons. The molecule has 0 fully saturated rings. The summed E-state index contributed by atoms with van der Waals surface area (Å²) in [5.74, 6) is -1.33. The number of esters is 1. The molecule has 0 spiro atoms. The molecule has 0 saturated heterocycles. The van der Waals surface area contributed by atoms with Crippen LogP contribution in [0.5, 0.6) is 5.75 Å². The molecule has 0 amide bonds. The number of ether oxygens (including phenoxy) is 2. The van der Waals surface area contributed by atoms with E-state index in [2.05, 4.69) is 9.47 Å². The number of halogens is 3. The average molecular weight is 288 g/mol. The zero-order chi connectivity index (χ0) is 15.3. The van der Waals surface area contributed by atoms with Gasteiger partial charge in [0.1, 0.15) is 5.75 Å². The van der Waals surface area contributed by atoms with Crippen LogP contribution in [0.1, 0.15) is 16.7 Å². The van der Waals surface area contributed by atoms with Gasteiger partial charge in [0.05, 0.1) is 25.2 Å². The number of hydrogen-bond donors (Lipinski definition) is 1. The molecule has 8 heteroatoms. The third-order valence-electron chi connectivity index (χ3n) is 2.49. The van der Waals surface area contributed by atoms with Gasteiger partial charge in [-0.25, -0.2) is 0 Å². The van der Waals surface area contributed by atoms with Crippen LogP contribution in [-0.2, 0) is 22.5 Å². The Labute approximate surface area is 112 Å². The first kappa shape index (κ1) is 15.8. The van der Waals surface area contributed by atoms with Gasteiger partial charge in [-0.2, -0.15) is 5.26 Å². The Bertz CT molecular complexity index is 550. The summed E-state index contributed by atoms with van der Waals surface area (Å²) in [7, 11) is 1.10. The number of carbonyl (C=O) groups is 1. The highest BCUT2D eigenvalue weighted by molar-refractivity contribution is 5.74. The Morgan fingerprint density at radius 3 is 2.50 bits per heavy atom. The van der Waals surface area contributed by atoms with Gasteiger partial charge in [-0.05, 0) is 17.7 Å². The van der Waals surface area contributed by atoms with Gasteiger partial charge in [0.2, 0.25) is 0 Å². The number of alkyl halides is 3. The second-order valence-electron chi connectivity index (χ2n) is 3.69. The Hall–Kier alpha value is -2.27. The molecule has 5 nitrogen and oxygen atoms in total. The van der Waals surface area contributed by atoms with Gasteiger partial charge in [-0.1, -0.05) is 0 Å². The van der Waals surface area contributed by atoms with E-state index in [0.29, 0.717) is 0 Å². The monoisotopic (exact) mass is 288 g/mol. The topological polar surface area (TPSA) is 85.3 Å². The molecule has 0 aliphatic heterocycles. The van der Waals surface area contributed by atoms with Crippen LogP contribution in [0.15, 0.2) is 12.1 Å². The van der Waals surface area contributed by atoms with Crippen LogP contribution in [0.3, 0.4) is 0 Å². The van der Waals surface area contributed by atoms with Crippen LogP contribution in [0, 0.1) is 11.3 Å². The summed E-state index contributed by atoms with van der Waals surface area (Å²) < 4.78 is 45.2. The molecule has 108 valence electrons. The fourth-order valence-electron chi connectivity index (χ4n) is 1.64. The van der Waals surface area contributed by atoms with Gasteiger partial charge in [0, 0.05) is 12.1 Å². The van der Waals surface area contributed by atoms with Crippen molar-refractivity contribution in [3.63, 3.8) is 0 Å². The number of carbonyl (C=O) groups excluding carboxylic acids is 1. The van der Waals surface area contributed by atoms with Crippen LogP contribution in [0.2, 0.25) is 0 Å². The van der Waals surface area contributed by atoms with Gasteiger partial charge in [-0.15, -0.1) is 13.2 Å². The lowest BCUT2D eigenvalue weighted by atomic mass is 9.98. The van der Waals surface area contributed by atoms with Crippen molar-refractivity contribution < 1.29 is 27.4 Å². The number of nitrogens with zero attached hydrogens (tertiary/aromatic N) is 1. The molecule has 1 aromatic carbocycles. The highest BCUT2D eigenvalue weighted by Crippen LogP contribution is 2.31. The molecule has 0 aromatic heterocycles. The highest BCUT2D eigenvalue weighted by atomic mass is 19.4. The minimum atomic E-state index is -4.91. The zero-order valence-electron chi connectivity index (χ0n) is 10.5. The van der Waals surface area contributed by atoms with Crippen molar-refractivity contribution in [1.29, 1.82) is 5.26 Å².